The van der Waals surface area contributed by atoms with Crippen LogP contribution in [-0.4, -0.2) is 49.3 Å². The second-order valence-electron chi connectivity index (χ2n) is 5.24. The predicted molar refractivity (Wildman–Crippen MR) is 66.7 cm³/mol. The van der Waals surface area contributed by atoms with E-state index in [2.05, 4.69) is 24.1 Å². The highest BCUT2D eigenvalue weighted by atomic mass is 16.5. The minimum atomic E-state index is 0.416. The number of rotatable bonds is 2. The van der Waals surface area contributed by atoms with Gasteiger partial charge in [0.15, 0.2) is 0 Å². The first-order valence-electron chi connectivity index (χ1n) is 6.89. The molecule has 0 amide bonds. The highest BCUT2D eigenvalue weighted by Gasteiger charge is 2.31. The van der Waals surface area contributed by atoms with Gasteiger partial charge in [-0.05, 0) is 45.7 Å². The predicted octanol–water partition coefficient (Wildman–Crippen LogP) is 1.63. The van der Waals surface area contributed by atoms with Crippen LogP contribution in [0.4, 0.5) is 0 Å². The summed E-state index contributed by atoms with van der Waals surface area (Å²) in [4.78, 5) is 2.72. The minimum Gasteiger partial charge on any atom is -0.376 e. The van der Waals surface area contributed by atoms with Crippen molar-refractivity contribution in [3.8, 4) is 0 Å². The Kier molecular flexibility index (Phi) is 4.62. The van der Waals surface area contributed by atoms with Crippen molar-refractivity contribution in [2.75, 3.05) is 26.2 Å². The van der Waals surface area contributed by atoms with Gasteiger partial charge < -0.3 is 10.1 Å². The molecule has 3 heteroatoms. The van der Waals surface area contributed by atoms with Crippen molar-refractivity contribution in [3.05, 3.63) is 0 Å². The van der Waals surface area contributed by atoms with Gasteiger partial charge in [0, 0.05) is 18.6 Å². The maximum absolute atomic E-state index is 5.78. The summed E-state index contributed by atoms with van der Waals surface area (Å²) in [6.45, 7) is 8.94. The van der Waals surface area contributed by atoms with Crippen LogP contribution < -0.4 is 5.32 Å². The molecule has 2 heterocycles. The van der Waals surface area contributed by atoms with E-state index in [9.17, 15) is 0 Å². The van der Waals surface area contributed by atoms with Gasteiger partial charge in [0.05, 0.1) is 12.7 Å². The summed E-state index contributed by atoms with van der Waals surface area (Å²) in [6, 6.07) is 1.44. The van der Waals surface area contributed by atoms with Gasteiger partial charge in [-0.2, -0.15) is 0 Å². The van der Waals surface area contributed by atoms with E-state index >= 15 is 0 Å². The molecule has 2 aliphatic rings. The highest BCUT2D eigenvalue weighted by Crippen LogP contribution is 2.22. The van der Waals surface area contributed by atoms with Crippen LogP contribution in [-0.2, 0) is 4.74 Å². The third-order valence-corrected chi connectivity index (χ3v) is 4.00. The zero-order chi connectivity index (χ0) is 11.4. The lowest BCUT2D eigenvalue weighted by molar-refractivity contribution is -0.0740. The van der Waals surface area contributed by atoms with Gasteiger partial charge >= 0.3 is 0 Å². The lowest BCUT2D eigenvalue weighted by Gasteiger charge is -2.43. The van der Waals surface area contributed by atoms with Gasteiger partial charge in [0.1, 0.15) is 0 Å². The average Bonchev–Trinajstić information content (AvgIpc) is 2.57. The molecule has 0 saturated carbocycles. The van der Waals surface area contributed by atoms with E-state index in [1.807, 2.05) is 0 Å². The van der Waals surface area contributed by atoms with E-state index in [1.165, 1.54) is 38.8 Å². The molecule has 2 saturated heterocycles. The standard InChI is InChI=1S/C13H26N2O/c1-3-12-10-16-11(2)9-15(12)13-5-4-7-14-8-6-13/h11-14H,3-10H2,1-2H3. The number of hydrogen-bond acceptors (Lipinski definition) is 3. The van der Waals surface area contributed by atoms with Crippen molar-refractivity contribution in [1.29, 1.82) is 0 Å². The molecule has 0 aliphatic carbocycles. The third-order valence-electron chi connectivity index (χ3n) is 4.00. The zero-order valence-electron chi connectivity index (χ0n) is 10.7. The van der Waals surface area contributed by atoms with Gasteiger partial charge in [-0.25, -0.2) is 0 Å². The molecular formula is C13H26N2O. The topological polar surface area (TPSA) is 24.5 Å². The Morgan fingerprint density at radius 2 is 2.19 bits per heavy atom. The molecule has 0 aromatic heterocycles. The van der Waals surface area contributed by atoms with Crippen LogP contribution in [0.2, 0.25) is 0 Å². The molecule has 2 fully saturated rings. The summed E-state index contributed by atoms with van der Waals surface area (Å²) in [5, 5.41) is 3.50. The van der Waals surface area contributed by atoms with Crippen molar-refractivity contribution in [3.63, 3.8) is 0 Å². The highest BCUT2D eigenvalue weighted by molar-refractivity contribution is 4.85. The van der Waals surface area contributed by atoms with Crippen LogP contribution >= 0.6 is 0 Å². The Hall–Kier alpha value is -0.120. The maximum atomic E-state index is 5.78. The van der Waals surface area contributed by atoms with Gasteiger partial charge in [0.25, 0.3) is 0 Å². The van der Waals surface area contributed by atoms with E-state index in [1.54, 1.807) is 0 Å². The summed E-state index contributed by atoms with van der Waals surface area (Å²) < 4.78 is 5.78. The first-order chi connectivity index (χ1) is 7.81. The smallest absolute Gasteiger partial charge is 0.0674 e. The molecule has 0 aromatic carbocycles. The van der Waals surface area contributed by atoms with Crippen LogP contribution in [0.5, 0.6) is 0 Å². The van der Waals surface area contributed by atoms with Gasteiger partial charge in [-0.15, -0.1) is 0 Å². The van der Waals surface area contributed by atoms with Crippen molar-refractivity contribution in [2.24, 2.45) is 0 Å². The molecule has 16 heavy (non-hydrogen) atoms. The number of morpholine rings is 1. The van der Waals surface area contributed by atoms with E-state index in [4.69, 9.17) is 4.74 Å². The van der Waals surface area contributed by atoms with Crippen LogP contribution in [0.15, 0.2) is 0 Å². The lowest BCUT2D eigenvalue weighted by atomic mass is 10.0. The number of hydrogen-bond donors (Lipinski definition) is 1. The third kappa shape index (κ3) is 2.96. The van der Waals surface area contributed by atoms with Gasteiger partial charge in [-0.3, -0.25) is 4.90 Å². The monoisotopic (exact) mass is 226 g/mol. The molecule has 0 spiro atoms. The molecule has 2 aliphatic heterocycles. The number of ether oxygens (including phenoxy) is 1. The lowest BCUT2D eigenvalue weighted by Crippen LogP contribution is -2.53. The maximum Gasteiger partial charge on any atom is 0.0674 e. The Labute approximate surface area is 99.5 Å². The van der Waals surface area contributed by atoms with Crippen LogP contribution in [0.3, 0.4) is 0 Å². The Morgan fingerprint density at radius 1 is 1.31 bits per heavy atom. The number of nitrogens with zero attached hydrogens (tertiary/aromatic N) is 1. The Morgan fingerprint density at radius 3 is 3.00 bits per heavy atom. The average molecular weight is 226 g/mol. The summed E-state index contributed by atoms with van der Waals surface area (Å²) in [7, 11) is 0. The fourth-order valence-electron chi connectivity index (χ4n) is 3.00. The van der Waals surface area contributed by atoms with E-state index in [0.29, 0.717) is 12.1 Å². The van der Waals surface area contributed by atoms with Gasteiger partial charge in [-0.1, -0.05) is 6.92 Å². The van der Waals surface area contributed by atoms with Crippen molar-refractivity contribution in [1.82, 2.24) is 10.2 Å². The van der Waals surface area contributed by atoms with E-state index in [0.717, 1.165) is 19.2 Å². The fraction of sp³-hybridized carbons (Fsp3) is 1.00. The van der Waals surface area contributed by atoms with E-state index < -0.39 is 0 Å². The summed E-state index contributed by atoms with van der Waals surface area (Å²) in [6.07, 6.45) is 5.63. The number of nitrogens with one attached hydrogen (secondary N) is 1. The molecule has 0 bridgehead atoms. The largest absolute Gasteiger partial charge is 0.376 e. The molecule has 0 aromatic rings. The second kappa shape index (κ2) is 5.99. The SMILES string of the molecule is CCC1COC(C)CN1C1CCCNCC1. The Bertz CT molecular complexity index is 202. The van der Waals surface area contributed by atoms with Crippen molar-refractivity contribution < 1.29 is 4.74 Å². The molecule has 0 radical (unpaired) electrons. The normalized spacial score (nSPS) is 38.2. The molecule has 3 atom stereocenters. The molecule has 3 unspecified atom stereocenters. The summed E-state index contributed by atoms with van der Waals surface area (Å²) >= 11 is 0. The first-order valence-corrected chi connectivity index (χ1v) is 6.89. The second-order valence-corrected chi connectivity index (χ2v) is 5.24. The summed E-state index contributed by atoms with van der Waals surface area (Å²) in [5.74, 6) is 0. The van der Waals surface area contributed by atoms with Crippen molar-refractivity contribution >= 4 is 0 Å². The molecule has 3 nitrogen and oxygen atoms in total. The first kappa shape index (κ1) is 12.3. The van der Waals surface area contributed by atoms with Crippen LogP contribution in [0.25, 0.3) is 0 Å². The van der Waals surface area contributed by atoms with Crippen LogP contribution in [0, 0.1) is 0 Å². The quantitative estimate of drug-likeness (QED) is 0.774. The Balaban J connectivity index is 1.97. The molecule has 2 rings (SSSR count). The minimum absolute atomic E-state index is 0.416. The van der Waals surface area contributed by atoms with E-state index in [-0.39, 0.29) is 0 Å². The summed E-state index contributed by atoms with van der Waals surface area (Å²) in [5.41, 5.74) is 0. The molecular weight excluding hydrogens is 200 g/mol. The fourth-order valence-corrected chi connectivity index (χ4v) is 3.00. The zero-order valence-corrected chi connectivity index (χ0v) is 10.7. The van der Waals surface area contributed by atoms with Gasteiger partial charge in [0.2, 0.25) is 0 Å². The molecule has 1 N–H and O–H groups in total. The van der Waals surface area contributed by atoms with Crippen LogP contribution in [0.1, 0.15) is 39.5 Å². The van der Waals surface area contributed by atoms with Crippen molar-refractivity contribution in [2.45, 2.75) is 57.7 Å². The molecule has 94 valence electrons.